The second-order valence-electron chi connectivity index (χ2n) is 1.71. The van der Waals surface area contributed by atoms with Crippen molar-refractivity contribution in [3.05, 3.63) is 0 Å². The van der Waals surface area contributed by atoms with Crippen LogP contribution in [0.5, 0.6) is 0 Å². The number of aliphatic hydroxyl groups is 1. The molecule has 0 aliphatic heterocycles. The first kappa shape index (κ1) is 7.88. The van der Waals surface area contributed by atoms with E-state index in [4.69, 9.17) is 10.8 Å². The predicted molar refractivity (Wildman–Crippen MR) is 31.3 cm³/mol. The summed E-state index contributed by atoms with van der Waals surface area (Å²) in [6.45, 7) is 1.97. The molecule has 0 spiro atoms. The molecule has 3 heteroatoms. The summed E-state index contributed by atoms with van der Waals surface area (Å²) < 4.78 is 4.67. The van der Waals surface area contributed by atoms with Gasteiger partial charge in [0.2, 0.25) is 0 Å². The van der Waals surface area contributed by atoms with E-state index in [1.807, 2.05) is 6.92 Å². The zero-order valence-electron chi connectivity index (χ0n) is 5.35. The number of hydrogen-bond acceptors (Lipinski definition) is 3. The molecule has 0 heterocycles. The number of nitrogens with two attached hydrogens (primary N) is 1. The lowest BCUT2D eigenvalue weighted by Gasteiger charge is -2.21. The van der Waals surface area contributed by atoms with Crippen LogP contribution in [0.2, 0.25) is 0 Å². The van der Waals surface area contributed by atoms with E-state index in [1.165, 1.54) is 7.11 Å². The summed E-state index contributed by atoms with van der Waals surface area (Å²) in [7, 11) is 1.44. The minimum Gasteiger partial charge on any atom is -0.364 e. The Balaban J connectivity index is 3.58. The Labute approximate surface area is 49.4 Å². The van der Waals surface area contributed by atoms with Crippen molar-refractivity contribution in [3.8, 4) is 0 Å². The van der Waals surface area contributed by atoms with E-state index < -0.39 is 5.79 Å². The van der Waals surface area contributed by atoms with Gasteiger partial charge in [-0.2, -0.15) is 0 Å². The second-order valence-corrected chi connectivity index (χ2v) is 1.71. The molecule has 0 fully saturated rings. The lowest BCUT2D eigenvalue weighted by molar-refractivity contribution is -0.178. The maximum Gasteiger partial charge on any atom is 0.177 e. The Kier molecular flexibility index (Phi) is 2.97. The fourth-order valence-corrected chi connectivity index (χ4v) is 0.372. The summed E-state index contributed by atoms with van der Waals surface area (Å²) in [6.07, 6.45) is 0.528. The first-order valence-corrected chi connectivity index (χ1v) is 2.66. The Morgan fingerprint density at radius 2 is 2.25 bits per heavy atom. The van der Waals surface area contributed by atoms with Gasteiger partial charge in [-0.15, -0.1) is 0 Å². The Hall–Kier alpha value is -0.120. The minimum absolute atomic E-state index is 0.153. The van der Waals surface area contributed by atoms with E-state index in [0.29, 0.717) is 6.42 Å². The lowest BCUT2D eigenvalue weighted by Crippen LogP contribution is -2.38. The molecule has 0 aliphatic rings. The Morgan fingerprint density at radius 3 is 2.25 bits per heavy atom. The molecule has 0 aromatic rings. The van der Waals surface area contributed by atoms with Crippen molar-refractivity contribution < 1.29 is 9.84 Å². The van der Waals surface area contributed by atoms with Gasteiger partial charge in [-0.05, 0) is 6.42 Å². The van der Waals surface area contributed by atoms with Crippen LogP contribution < -0.4 is 5.73 Å². The van der Waals surface area contributed by atoms with Crippen molar-refractivity contribution in [1.29, 1.82) is 0 Å². The Bertz CT molecular complexity index is 53.2. The third-order valence-corrected chi connectivity index (χ3v) is 1.25. The molecule has 1 atom stereocenters. The molecule has 0 radical (unpaired) electrons. The van der Waals surface area contributed by atoms with Crippen LogP contribution in [-0.4, -0.2) is 24.5 Å². The molecule has 1 unspecified atom stereocenters. The van der Waals surface area contributed by atoms with Crippen LogP contribution in [-0.2, 0) is 4.74 Å². The van der Waals surface area contributed by atoms with Crippen molar-refractivity contribution in [2.45, 2.75) is 19.1 Å². The standard InChI is InChI=1S/C5H13NO2/c1-3-5(7,4-6)8-2/h7H,3-4,6H2,1-2H3. The van der Waals surface area contributed by atoms with E-state index in [1.54, 1.807) is 0 Å². The highest BCUT2D eigenvalue weighted by Gasteiger charge is 2.20. The monoisotopic (exact) mass is 119 g/mol. The van der Waals surface area contributed by atoms with Crippen LogP contribution in [0, 0.1) is 0 Å². The van der Waals surface area contributed by atoms with Crippen molar-refractivity contribution in [2.24, 2.45) is 5.73 Å². The second kappa shape index (κ2) is 3.02. The first-order chi connectivity index (χ1) is 3.68. The van der Waals surface area contributed by atoms with E-state index in [0.717, 1.165) is 0 Å². The average molecular weight is 119 g/mol. The highest BCUT2D eigenvalue weighted by atomic mass is 16.6. The fraction of sp³-hybridized carbons (Fsp3) is 1.00. The number of rotatable bonds is 3. The normalized spacial score (nSPS) is 18.0. The van der Waals surface area contributed by atoms with Crippen LogP contribution in [0.3, 0.4) is 0 Å². The average Bonchev–Trinajstić information content (AvgIpc) is 1.87. The van der Waals surface area contributed by atoms with Crippen molar-refractivity contribution in [3.63, 3.8) is 0 Å². The van der Waals surface area contributed by atoms with Gasteiger partial charge in [-0.1, -0.05) is 6.92 Å². The van der Waals surface area contributed by atoms with E-state index in [9.17, 15) is 0 Å². The molecule has 0 aliphatic carbocycles. The summed E-state index contributed by atoms with van der Waals surface area (Å²) >= 11 is 0. The van der Waals surface area contributed by atoms with Gasteiger partial charge in [0.25, 0.3) is 0 Å². The molecule has 3 nitrogen and oxygen atoms in total. The zero-order valence-corrected chi connectivity index (χ0v) is 5.35. The summed E-state index contributed by atoms with van der Waals surface area (Å²) in [6, 6.07) is 0. The highest BCUT2D eigenvalue weighted by Crippen LogP contribution is 2.06. The van der Waals surface area contributed by atoms with Crippen LogP contribution in [0.4, 0.5) is 0 Å². The molecule has 0 amide bonds. The molecule has 3 N–H and O–H groups in total. The number of methoxy groups -OCH3 is 1. The molecule has 0 saturated carbocycles. The molecule has 0 aromatic carbocycles. The van der Waals surface area contributed by atoms with Crippen LogP contribution >= 0.6 is 0 Å². The van der Waals surface area contributed by atoms with Crippen molar-refractivity contribution in [1.82, 2.24) is 0 Å². The van der Waals surface area contributed by atoms with Gasteiger partial charge in [-0.3, -0.25) is 0 Å². The van der Waals surface area contributed by atoms with Crippen LogP contribution in [0.25, 0.3) is 0 Å². The summed E-state index contributed by atoms with van der Waals surface area (Å²) in [5.41, 5.74) is 5.15. The molecule has 0 bridgehead atoms. The SMILES string of the molecule is CCC(O)(CN)OC. The summed E-state index contributed by atoms with van der Waals surface area (Å²) in [5.74, 6) is -1.10. The molecular weight excluding hydrogens is 106 g/mol. The van der Waals surface area contributed by atoms with Crippen LogP contribution in [0.15, 0.2) is 0 Å². The van der Waals surface area contributed by atoms with E-state index in [2.05, 4.69) is 4.74 Å². The molecule has 0 aromatic heterocycles. The molecule has 8 heavy (non-hydrogen) atoms. The van der Waals surface area contributed by atoms with Gasteiger partial charge in [0, 0.05) is 13.7 Å². The number of hydrogen-bond donors (Lipinski definition) is 2. The predicted octanol–water partition coefficient (Wildman–Crippen LogP) is -0.310. The van der Waals surface area contributed by atoms with Gasteiger partial charge >= 0.3 is 0 Å². The topological polar surface area (TPSA) is 55.5 Å². The largest absolute Gasteiger partial charge is 0.364 e. The van der Waals surface area contributed by atoms with Crippen molar-refractivity contribution in [2.75, 3.05) is 13.7 Å². The van der Waals surface area contributed by atoms with E-state index in [-0.39, 0.29) is 6.54 Å². The minimum atomic E-state index is -1.10. The van der Waals surface area contributed by atoms with Crippen molar-refractivity contribution >= 4 is 0 Å². The van der Waals surface area contributed by atoms with Gasteiger partial charge in [-0.25, -0.2) is 0 Å². The van der Waals surface area contributed by atoms with Gasteiger partial charge in [0.1, 0.15) is 0 Å². The fourth-order valence-electron chi connectivity index (χ4n) is 0.372. The van der Waals surface area contributed by atoms with Gasteiger partial charge < -0.3 is 15.6 Å². The molecule has 0 rings (SSSR count). The quantitative estimate of drug-likeness (QED) is 0.501. The van der Waals surface area contributed by atoms with Crippen LogP contribution in [0.1, 0.15) is 13.3 Å². The number of ether oxygens (including phenoxy) is 1. The third kappa shape index (κ3) is 1.78. The van der Waals surface area contributed by atoms with Gasteiger partial charge in [0.05, 0.1) is 0 Å². The summed E-state index contributed by atoms with van der Waals surface area (Å²) in [4.78, 5) is 0. The highest BCUT2D eigenvalue weighted by molar-refractivity contribution is 4.63. The maximum atomic E-state index is 9.09. The molecule has 0 saturated heterocycles. The third-order valence-electron chi connectivity index (χ3n) is 1.25. The maximum absolute atomic E-state index is 9.09. The van der Waals surface area contributed by atoms with Gasteiger partial charge in [0.15, 0.2) is 5.79 Å². The smallest absolute Gasteiger partial charge is 0.177 e. The Morgan fingerprint density at radius 1 is 1.75 bits per heavy atom. The first-order valence-electron chi connectivity index (χ1n) is 2.66. The van der Waals surface area contributed by atoms with E-state index >= 15 is 0 Å². The zero-order chi connectivity index (χ0) is 6.62. The lowest BCUT2D eigenvalue weighted by atomic mass is 10.2. The molecule has 50 valence electrons. The summed E-state index contributed by atoms with van der Waals surface area (Å²) in [5, 5.41) is 9.09. The molecular formula is C5H13NO2.